The molecular weight excluding hydrogens is 404 g/mol. The van der Waals surface area contributed by atoms with Gasteiger partial charge in [-0.2, -0.15) is 5.10 Å². The molecule has 0 spiro atoms. The zero-order valence-electron chi connectivity index (χ0n) is 13.7. The van der Waals surface area contributed by atoms with E-state index in [1.807, 2.05) is 24.3 Å². The Labute approximate surface area is 157 Å². The van der Waals surface area contributed by atoms with Crippen LogP contribution >= 0.6 is 15.9 Å². The number of nitrogens with one attached hydrogen (secondary N) is 2. The highest BCUT2D eigenvalue weighted by Gasteiger charge is 2.18. The lowest BCUT2D eigenvalue weighted by molar-refractivity contribution is -0.385. The molecule has 0 aliphatic heterocycles. The molecule has 2 amide bonds. The summed E-state index contributed by atoms with van der Waals surface area (Å²) in [5.74, 6) is -1.09. The van der Waals surface area contributed by atoms with Gasteiger partial charge in [0.1, 0.15) is 0 Å². The number of hydrogen-bond acceptors (Lipinski definition) is 5. The van der Waals surface area contributed by atoms with Crippen LogP contribution in [0.1, 0.15) is 21.5 Å². The van der Waals surface area contributed by atoms with E-state index < -0.39 is 16.7 Å². The lowest BCUT2D eigenvalue weighted by Gasteiger charge is -2.07. The van der Waals surface area contributed by atoms with E-state index >= 15 is 0 Å². The third kappa shape index (κ3) is 5.21. The Bertz CT molecular complexity index is 866. The molecule has 8 nitrogen and oxygen atoms in total. The van der Waals surface area contributed by atoms with Gasteiger partial charge in [-0.1, -0.05) is 34.1 Å². The highest BCUT2D eigenvalue weighted by atomic mass is 79.9. The Balaban J connectivity index is 1.89. The maximum atomic E-state index is 12.1. The van der Waals surface area contributed by atoms with Gasteiger partial charge in [-0.3, -0.25) is 19.7 Å². The maximum Gasteiger partial charge on any atom is 0.273 e. The van der Waals surface area contributed by atoms with Crippen LogP contribution in [0.25, 0.3) is 0 Å². The van der Waals surface area contributed by atoms with E-state index in [2.05, 4.69) is 31.8 Å². The predicted octanol–water partition coefficient (Wildman–Crippen LogP) is 2.55. The summed E-state index contributed by atoms with van der Waals surface area (Å²) in [6.45, 7) is 1.17. The van der Waals surface area contributed by atoms with Gasteiger partial charge in [0.2, 0.25) is 0 Å². The van der Waals surface area contributed by atoms with Gasteiger partial charge in [0.05, 0.1) is 17.7 Å². The summed E-state index contributed by atoms with van der Waals surface area (Å²) in [4.78, 5) is 34.2. The lowest BCUT2D eigenvalue weighted by atomic mass is 10.1. The molecule has 2 aromatic carbocycles. The summed E-state index contributed by atoms with van der Waals surface area (Å²) in [6, 6.07) is 11.5. The molecule has 0 fully saturated rings. The van der Waals surface area contributed by atoms with Gasteiger partial charge in [-0.05, 0) is 30.7 Å². The number of carbonyl (C=O) groups excluding carboxylic acids is 2. The number of carbonyl (C=O) groups is 2. The van der Waals surface area contributed by atoms with Crippen molar-refractivity contribution in [2.24, 2.45) is 5.10 Å². The van der Waals surface area contributed by atoms with Crippen LogP contribution in [0.5, 0.6) is 0 Å². The summed E-state index contributed by atoms with van der Waals surface area (Å²) < 4.78 is 0.929. The fourth-order valence-electron chi connectivity index (χ4n) is 2.09. The second kappa shape index (κ2) is 8.86. The molecular formula is C17H15BrN4O4. The van der Waals surface area contributed by atoms with Crippen LogP contribution in [0, 0.1) is 17.0 Å². The molecule has 0 unspecified atom stereocenters. The quantitative estimate of drug-likeness (QED) is 0.426. The van der Waals surface area contributed by atoms with Crippen LogP contribution in [0.4, 0.5) is 5.69 Å². The molecule has 0 radical (unpaired) electrons. The molecule has 0 bridgehead atoms. The third-order valence-electron chi connectivity index (χ3n) is 3.43. The molecule has 0 atom stereocenters. The van der Waals surface area contributed by atoms with E-state index in [0.717, 1.165) is 10.0 Å². The zero-order valence-corrected chi connectivity index (χ0v) is 15.3. The van der Waals surface area contributed by atoms with Gasteiger partial charge >= 0.3 is 0 Å². The Hall–Kier alpha value is -3.07. The molecule has 0 aliphatic carbocycles. The van der Waals surface area contributed by atoms with Crippen molar-refractivity contribution >= 4 is 39.6 Å². The van der Waals surface area contributed by atoms with Crippen LogP contribution in [0.3, 0.4) is 0 Å². The molecule has 0 aliphatic rings. The van der Waals surface area contributed by atoms with Crippen LogP contribution < -0.4 is 10.7 Å². The fourth-order valence-corrected chi connectivity index (χ4v) is 2.35. The monoisotopic (exact) mass is 418 g/mol. The molecule has 26 heavy (non-hydrogen) atoms. The topological polar surface area (TPSA) is 114 Å². The van der Waals surface area contributed by atoms with Crippen molar-refractivity contribution < 1.29 is 14.5 Å². The minimum absolute atomic E-state index is 0.144. The lowest BCUT2D eigenvalue weighted by Crippen LogP contribution is -2.35. The summed E-state index contributed by atoms with van der Waals surface area (Å²) >= 11 is 3.32. The molecule has 0 aromatic heterocycles. The summed E-state index contributed by atoms with van der Waals surface area (Å²) in [5.41, 5.74) is 3.32. The van der Waals surface area contributed by atoms with Gasteiger partial charge in [0.25, 0.3) is 17.5 Å². The SMILES string of the molecule is Cc1c(C(=O)NCC(=O)N/N=C/c2ccc(Br)cc2)cccc1[N+](=O)[O-]. The minimum atomic E-state index is -0.571. The molecule has 2 rings (SSSR count). The van der Waals surface area contributed by atoms with E-state index in [1.54, 1.807) is 0 Å². The van der Waals surface area contributed by atoms with Crippen LogP contribution in [0.2, 0.25) is 0 Å². The van der Waals surface area contributed by atoms with E-state index in [0.29, 0.717) is 0 Å². The number of hydrogen-bond donors (Lipinski definition) is 2. The Kier molecular flexibility index (Phi) is 6.56. The Morgan fingerprint density at radius 2 is 1.92 bits per heavy atom. The smallest absolute Gasteiger partial charge is 0.273 e. The number of nitro groups is 1. The Morgan fingerprint density at radius 3 is 2.58 bits per heavy atom. The normalized spacial score (nSPS) is 10.5. The van der Waals surface area contributed by atoms with Crippen molar-refractivity contribution in [1.82, 2.24) is 10.7 Å². The number of benzene rings is 2. The van der Waals surface area contributed by atoms with E-state index in [9.17, 15) is 19.7 Å². The fraction of sp³-hybridized carbons (Fsp3) is 0.118. The number of hydrazone groups is 1. The molecule has 0 saturated carbocycles. The molecule has 9 heteroatoms. The summed E-state index contributed by atoms with van der Waals surface area (Å²) in [6.07, 6.45) is 1.47. The molecule has 2 aromatic rings. The first-order valence-electron chi connectivity index (χ1n) is 7.48. The van der Waals surface area contributed by atoms with Crippen molar-refractivity contribution in [1.29, 1.82) is 0 Å². The minimum Gasteiger partial charge on any atom is -0.343 e. The molecule has 2 N–H and O–H groups in total. The van der Waals surface area contributed by atoms with Crippen molar-refractivity contribution in [3.05, 3.63) is 73.7 Å². The largest absolute Gasteiger partial charge is 0.343 e. The van der Waals surface area contributed by atoms with Crippen LogP contribution in [-0.2, 0) is 4.79 Å². The number of rotatable bonds is 6. The van der Waals surface area contributed by atoms with Crippen molar-refractivity contribution in [3.8, 4) is 0 Å². The van der Waals surface area contributed by atoms with Crippen molar-refractivity contribution in [2.75, 3.05) is 6.54 Å². The first kappa shape index (κ1) is 19.3. The second-order valence-electron chi connectivity index (χ2n) is 5.23. The highest BCUT2D eigenvalue weighted by Crippen LogP contribution is 2.20. The third-order valence-corrected chi connectivity index (χ3v) is 3.96. The van der Waals surface area contributed by atoms with Gasteiger partial charge in [-0.25, -0.2) is 5.43 Å². The number of amides is 2. The van der Waals surface area contributed by atoms with Gasteiger partial charge in [-0.15, -0.1) is 0 Å². The van der Waals surface area contributed by atoms with E-state index in [4.69, 9.17) is 0 Å². The van der Waals surface area contributed by atoms with Crippen LogP contribution in [0.15, 0.2) is 52.0 Å². The number of nitro benzene ring substituents is 1. The molecule has 134 valence electrons. The number of nitrogens with zero attached hydrogens (tertiary/aromatic N) is 2. The predicted molar refractivity (Wildman–Crippen MR) is 100 cm³/mol. The first-order chi connectivity index (χ1) is 12.4. The Morgan fingerprint density at radius 1 is 1.23 bits per heavy atom. The molecule has 0 heterocycles. The highest BCUT2D eigenvalue weighted by molar-refractivity contribution is 9.10. The first-order valence-corrected chi connectivity index (χ1v) is 8.27. The molecule has 0 saturated heterocycles. The van der Waals surface area contributed by atoms with Crippen molar-refractivity contribution in [3.63, 3.8) is 0 Å². The zero-order chi connectivity index (χ0) is 19.1. The standard InChI is InChI=1S/C17H15BrN4O4/c1-11-14(3-2-4-15(11)22(25)26)17(24)19-10-16(23)21-20-9-12-5-7-13(18)8-6-12/h2-9H,10H2,1H3,(H,19,24)(H,21,23)/b20-9+. The summed E-state index contributed by atoms with van der Waals surface area (Å²) in [7, 11) is 0. The van der Waals surface area contributed by atoms with Gasteiger partial charge < -0.3 is 5.32 Å². The average Bonchev–Trinajstić information content (AvgIpc) is 2.61. The number of halogens is 1. The average molecular weight is 419 g/mol. The second-order valence-corrected chi connectivity index (χ2v) is 6.15. The van der Waals surface area contributed by atoms with Crippen LogP contribution in [-0.4, -0.2) is 29.5 Å². The van der Waals surface area contributed by atoms with Gasteiger partial charge in [0, 0.05) is 21.7 Å². The van der Waals surface area contributed by atoms with Gasteiger partial charge in [0.15, 0.2) is 0 Å². The summed E-state index contributed by atoms with van der Waals surface area (Å²) in [5, 5.41) is 17.1. The van der Waals surface area contributed by atoms with Crippen molar-refractivity contribution in [2.45, 2.75) is 6.92 Å². The van der Waals surface area contributed by atoms with E-state index in [-0.39, 0.29) is 23.4 Å². The van der Waals surface area contributed by atoms with E-state index in [1.165, 1.54) is 31.3 Å². The maximum absolute atomic E-state index is 12.1.